The zero-order valence-electron chi connectivity index (χ0n) is 19.6. The first-order chi connectivity index (χ1) is 14.2. The Bertz CT molecular complexity index is 330. The van der Waals surface area contributed by atoms with Crippen LogP contribution in [0.15, 0.2) is 0 Å². The van der Waals surface area contributed by atoms with E-state index < -0.39 is 6.10 Å². The van der Waals surface area contributed by atoms with Gasteiger partial charge in [-0.2, -0.15) is 0 Å². The molecule has 0 spiro atoms. The zero-order valence-corrected chi connectivity index (χ0v) is 19.6. The Labute approximate surface area is 182 Å². The molecule has 0 radical (unpaired) electrons. The predicted octanol–water partition coefficient (Wildman–Crippen LogP) is 7.51. The average Bonchev–Trinajstić information content (AvgIpc) is 2.72. The van der Waals surface area contributed by atoms with Gasteiger partial charge in [0, 0.05) is 19.4 Å². The first-order valence-electron chi connectivity index (χ1n) is 13.0. The lowest BCUT2D eigenvalue weighted by molar-refractivity contribution is -0.127. The van der Waals surface area contributed by atoms with Gasteiger partial charge in [0.05, 0.1) is 0 Å². The van der Waals surface area contributed by atoms with Crippen LogP contribution in [-0.4, -0.2) is 28.7 Å². The molecular weight excluding hydrogens is 360 g/mol. The van der Waals surface area contributed by atoms with E-state index in [1.54, 1.807) is 0 Å². The minimum atomic E-state index is -0.958. The van der Waals surface area contributed by atoms with E-state index in [1.165, 1.54) is 116 Å². The quantitative estimate of drug-likeness (QED) is 0.161. The van der Waals surface area contributed by atoms with E-state index in [-0.39, 0.29) is 18.8 Å². The fourth-order valence-electron chi connectivity index (χ4n) is 4.00. The summed E-state index contributed by atoms with van der Waals surface area (Å²) in [6.45, 7) is 2.16. The summed E-state index contributed by atoms with van der Waals surface area (Å²) in [7, 11) is 0. The van der Waals surface area contributed by atoms with Crippen LogP contribution in [0.25, 0.3) is 0 Å². The number of unbranched alkanes of at least 4 members (excludes halogenated alkanes) is 19. The summed E-state index contributed by atoms with van der Waals surface area (Å²) in [5.41, 5.74) is 0. The fraction of sp³-hybridized carbons (Fsp3) is 0.962. The molecule has 0 saturated heterocycles. The summed E-state index contributed by atoms with van der Waals surface area (Å²) in [5.74, 6) is -0.110. The maximum atomic E-state index is 11.6. The van der Waals surface area contributed by atoms with E-state index in [1.807, 2.05) is 0 Å². The number of carbonyl (C=O) groups is 1. The van der Waals surface area contributed by atoms with E-state index in [0.717, 1.165) is 12.8 Å². The second-order valence-corrected chi connectivity index (χ2v) is 8.96. The summed E-state index contributed by atoms with van der Waals surface area (Å²) >= 11 is 0. The molecule has 0 aliphatic carbocycles. The lowest BCUT2D eigenvalue weighted by Gasteiger charge is -2.07. The molecule has 0 aliphatic rings. The van der Waals surface area contributed by atoms with Gasteiger partial charge in [0.25, 0.3) is 0 Å². The molecule has 0 aliphatic heterocycles. The third-order valence-electron chi connectivity index (χ3n) is 6.05. The smallest absolute Gasteiger partial charge is 0.161 e. The zero-order chi connectivity index (χ0) is 21.4. The number of rotatable bonds is 24. The van der Waals surface area contributed by atoms with Gasteiger partial charge in [-0.15, -0.1) is 0 Å². The van der Waals surface area contributed by atoms with Crippen molar-refractivity contribution in [3.63, 3.8) is 0 Å². The van der Waals surface area contributed by atoms with Crippen LogP contribution >= 0.6 is 0 Å². The highest BCUT2D eigenvalue weighted by Gasteiger charge is 2.13. The van der Waals surface area contributed by atoms with Gasteiger partial charge in [-0.3, -0.25) is 4.79 Å². The van der Waals surface area contributed by atoms with Crippen LogP contribution < -0.4 is 0 Å². The molecule has 0 aromatic rings. The topological polar surface area (TPSA) is 57.5 Å². The van der Waals surface area contributed by atoms with Crippen LogP contribution in [0.4, 0.5) is 0 Å². The molecule has 1 atom stereocenters. The van der Waals surface area contributed by atoms with Gasteiger partial charge in [0.1, 0.15) is 6.10 Å². The molecular formula is C26H52O3. The summed E-state index contributed by atoms with van der Waals surface area (Å²) in [6, 6.07) is 0. The molecule has 1 unspecified atom stereocenters. The molecule has 3 nitrogen and oxygen atoms in total. The molecule has 0 bridgehead atoms. The number of aliphatic hydroxyl groups excluding tert-OH is 2. The second kappa shape index (κ2) is 23.9. The lowest BCUT2D eigenvalue weighted by Crippen LogP contribution is -2.21. The van der Waals surface area contributed by atoms with E-state index in [0.29, 0.717) is 6.42 Å². The first-order valence-corrected chi connectivity index (χ1v) is 13.0. The van der Waals surface area contributed by atoms with Crippen molar-refractivity contribution in [2.24, 2.45) is 0 Å². The molecule has 174 valence electrons. The Morgan fingerprint density at radius 3 is 1.21 bits per heavy atom. The Morgan fingerprint density at radius 2 is 0.897 bits per heavy atom. The number of aliphatic hydroxyl groups is 2. The van der Waals surface area contributed by atoms with Crippen molar-refractivity contribution in [2.45, 2.75) is 154 Å². The van der Waals surface area contributed by atoms with Gasteiger partial charge in [-0.25, -0.2) is 0 Å². The summed E-state index contributed by atoms with van der Waals surface area (Å²) in [5, 5.41) is 18.2. The number of hydrogen-bond acceptors (Lipinski definition) is 3. The maximum absolute atomic E-state index is 11.6. The van der Waals surface area contributed by atoms with Crippen LogP contribution in [0.2, 0.25) is 0 Å². The Morgan fingerprint density at radius 1 is 0.586 bits per heavy atom. The number of hydrogen-bond donors (Lipinski definition) is 2. The highest BCUT2D eigenvalue weighted by Crippen LogP contribution is 2.15. The van der Waals surface area contributed by atoms with Crippen molar-refractivity contribution in [1.29, 1.82) is 0 Å². The highest BCUT2D eigenvalue weighted by molar-refractivity contribution is 5.82. The van der Waals surface area contributed by atoms with E-state index in [4.69, 9.17) is 5.11 Å². The van der Waals surface area contributed by atoms with Crippen LogP contribution in [0, 0.1) is 0 Å². The van der Waals surface area contributed by atoms with Gasteiger partial charge in [-0.1, -0.05) is 129 Å². The number of ketones is 1. The Kier molecular flexibility index (Phi) is 23.5. The molecule has 29 heavy (non-hydrogen) atoms. The SMILES string of the molecule is CCCCCCCCCCCCCCCCCCCCCCC(=O)C(O)CCO. The number of carbonyl (C=O) groups excluding carboxylic acids is 1. The van der Waals surface area contributed by atoms with Crippen molar-refractivity contribution in [2.75, 3.05) is 6.61 Å². The molecule has 0 amide bonds. The molecule has 0 aromatic heterocycles. The first kappa shape index (κ1) is 28.6. The van der Waals surface area contributed by atoms with Gasteiger partial charge < -0.3 is 10.2 Å². The molecule has 3 heteroatoms. The molecule has 0 rings (SSSR count). The van der Waals surface area contributed by atoms with Crippen LogP contribution in [-0.2, 0) is 4.79 Å². The van der Waals surface area contributed by atoms with Gasteiger partial charge in [-0.05, 0) is 6.42 Å². The minimum absolute atomic E-state index is 0.110. The standard InChI is InChI=1S/C26H52O3/c1-2-3-4-5-6-7-8-9-10-11-12-13-14-15-16-17-18-19-20-21-22-25(28)26(29)23-24-27/h26-27,29H,2-24H2,1H3. The molecule has 0 saturated carbocycles. The largest absolute Gasteiger partial charge is 0.396 e. The Balaban J connectivity index is 3.11. The molecule has 0 aromatic carbocycles. The molecule has 0 fully saturated rings. The number of Topliss-reactive ketones (excluding diaryl/α,β-unsaturated/α-hetero) is 1. The van der Waals surface area contributed by atoms with Crippen LogP contribution in [0.5, 0.6) is 0 Å². The summed E-state index contributed by atoms with van der Waals surface area (Å²) < 4.78 is 0. The van der Waals surface area contributed by atoms with Crippen LogP contribution in [0.3, 0.4) is 0 Å². The maximum Gasteiger partial charge on any atom is 0.161 e. The van der Waals surface area contributed by atoms with Crippen molar-refractivity contribution in [3.05, 3.63) is 0 Å². The molecule has 2 N–H and O–H groups in total. The Hall–Kier alpha value is -0.410. The highest BCUT2D eigenvalue weighted by atomic mass is 16.3. The van der Waals surface area contributed by atoms with Gasteiger partial charge >= 0.3 is 0 Å². The van der Waals surface area contributed by atoms with Gasteiger partial charge in [0.15, 0.2) is 5.78 Å². The van der Waals surface area contributed by atoms with E-state index in [2.05, 4.69) is 6.92 Å². The predicted molar refractivity (Wildman–Crippen MR) is 125 cm³/mol. The van der Waals surface area contributed by atoms with E-state index >= 15 is 0 Å². The van der Waals surface area contributed by atoms with Crippen LogP contribution in [0.1, 0.15) is 148 Å². The monoisotopic (exact) mass is 412 g/mol. The van der Waals surface area contributed by atoms with Gasteiger partial charge in [0.2, 0.25) is 0 Å². The summed E-state index contributed by atoms with van der Waals surface area (Å²) in [6.07, 6.45) is 26.7. The van der Waals surface area contributed by atoms with Crippen molar-refractivity contribution in [1.82, 2.24) is 0 Å². The average molecular weight is 413 g/mol. The summed E-state index contributed by atoms with van der Waals surface area (Å²) in [4.78, 5) is 11.6. The second-order valence-electron chi connectivity index (χ2n) is 8.96. The fourth-order valence-corrected chi connectivity index (χ4v) is 4.00. The minimum Gasteiger partial charge on any atom is -0.396 e. The third-order valence-corrected chi connectivity index (χ3v) is 6.05. The normalized spacial score (nSPS) is 12.4. The molecule has 0 heterocycles. The third kappa shape index (κ3) is 22.1. The van der Waals surface area contributed by atoms with E-state index in [9.17, 15) is 9.90 Å². The van der Waals surface area contributed by atoms with Crippen molar-refractivity contribution < 1.29 is 15.0 Å². The van der Waals surface area contributed by atoms with Crippen molar-refractivity contribution in [3.8, 4) is 0 Å². The van der Waals surface area contributed by atoms with Crippen molar-refractivity contribution >= 4 is 5.78 Å². The lowest BCUT2D eigenvalue weighted by atomic mass is 10.0.